The summed E-state index contributed by atoms with van der Waals surface area (Å²) in [6.45, 7) is 8.44. The van der Waals surface area contributed by atoms with Gasteiger partial charge in [0.25, 0.3) is 0 Å². The van der Waals surface area contributed by atoms with Crippen molar-refractivity contribution in [3.63, 3.8) is 0 Å². The van der Waals surface area contributed by atoms with Crippen LogP contribution in [0.1, 0.15) is 37.2 Å². The van der Waals surface area contributed by atoms with Gasteiger partial charge < -0.3 is 5.32 Å². The number of aromatic nitrogens is 2. The summed E-state index contributed by atoms with van der Waals surface area (Å²) in [5.41, 5.74) is 2.64. The molecule has 1 aromatic heterocycles. The van der Waals surface area contributed by atoms with Crippen molar-refractivity contribution in [2.75, 3.05) is 6.54 Å². The van der Waals surface area contributed by atoms with E-state index in [-0.39, 0.29) is 0 Å². The Bertz CT molecular complexity index is 552. The summed E-state index contributed by atoms with van der Waals surface area (Å²) in [4.78, 5) is 5.77. The largest absolute Gasteiger partial charge is 0.313 e. The third kappa shape index (κ3) is 4.30. The molecule has 0 amide bonds. The highest BCUT2D eigenvalue weighted by molar-refractivity contribution is 8.01. The number of nitrogens with zero attached hydrogens (tertiary/aromatic N) is 2. The molecule has 0 aliphatic rings. The summed E-state index contributed by atoms with van der Waals surface area (Å²) in [6, 6.07) is 6.64. The van der Waals surface area contributed by atoms with E-state index in [0.717, 1.165) is 29.7 Å². The summed E-state index contributed by atoms with van der Waals surface area (Å²) in [6.07, 6.45) is 2.07. The SMILES string of the molecule is CCCNCc1ccc(Sc2nc(CC)ns2)c(C)c1. The van der Waals surface area contributed by atoms with Crippen molar-refractivity contribution in [2.45, 2.75) is 49.4 Å². The van der Waals surface area contributed by atoms with E-state index >= 15 is 0 Å². The molecule has 0 aliphatic carbocycles. The molecule has 1 N–H and O–H groups in total. The van der Waals surface area contributed by atoms with Gasteiger partial charge in [-0.1, -0.05) is 37.7 Å². The molecular formula is C15H21N3S2. The Kier molecular flexibility index (Phi) is 6.01. The van der Waals surface area contributed by atoms with E-state index in [0.29, 0.717) is 0 Å². The average Bonchev–Trinajstić information content (AvgIpc) is 2.90. The van der Waals surface area contributed by atoms with Gasteiger partial charge in [-0.3, -0.25) is 0 Å². The highest BCUT2D eigenvalue weighted by atomic mass is 32.2. The van der Waals surface area contributed by atoms with Gasteiger partial charge in [0.05, 0.1) is 0 Å². The van der Waals surface area contributed by atoms with Crippen molar-refractivity contribution in [1.29, 1.82) is 0 Å². The molecule has 0 unspecified atom stereocenters. The van der Waals surface area contributed by atoms with Crippen molar-refractivity contribution in [2.24, 2.45) is 0 Å². The zero-order chi connectivity index (χ0) is 14.4. The Hall–Kier alpha value is -0.910. The minimum Gasteiger partial charge on any atom is -0.313 e. The highest BCUT2D eigenvalue weighted by Gasteiger charge is 2.07. The lowest BCUT2D eigenvalue weighted by atomic mass is 10.1. The molecule has 0 bridgehead atoms. The van der Waals surface area contributed by atoms with Crippen LogP contribution < -0.4 is 5.32 Å². The molecule has 108 valence electrons. The van der Waals surface area contributed by atoms with Gasteiger partial charge in [-0.25, -0.2) is 4.98 Å². The maximum atomic E-state index is 4.51. The van der Waals surface area contributed by atoms with Gasteiger partial charge in [0.15, 0.2) is 4.34 Å². The molecule has 1 aromatic carbocycles. The van der Waals surface area contributed by atoms with Gasteiger partial charge in [0.1, 0.15) is 5.82 Å². The second-order valence-corrected chi connectivity index (χ2v) is 6.75. The molecule has 0 saturated carbocycles. The lowest BCUT2D eigenvalue weighted by molar-refractivity contribution is 0.675. The van der Waals surface area contributed by atoms with E-state index in [1.807, 2.05) is 0 Å². The van der Waals surface area contributed by atoms with Crippen LogP contribution >= 0.6 is 23.3 Å². The maximum absolute atomic E-state index is 4.51. The van der Waals surface area contributed by atoms with Crippen LogP contribution in [0.15, 0.2) is 27.4 Å². The zero-order valence-corrected chi connectivity index (χ0v) is 13.9. The summed E-state index contributed by atoms with van der Waals surface area (Å²) >= 11 is 3.20. The Morgan fingerprint density at radius 2 is 2.15 bits per heavy atom. The number of hydrogen-bond acceptors (Lipinski definition) is 5. The standard InChI is InChI=1S/C15H21N3S2/c1-4-8-16-10-12-6-7-13(11(3)9-12)19-15-17-14(5-2)18-20-15/h6-7,9,16H,4-5,8,10H2,1-3H3. The van der Waals surface area contributed by atoms with E-state index in [1.54, 1.807) is 11.8 Å². The molecule has 0 atom stereocenters. The first-order valence-corrected chi connectivity index (χ1v) is 8.62. The van der Waals surface area contributed by atoms with Gasteiger partial charge >= 0.3 is 0 Å². The maximum Gasteiger partial charge on any atom is 0.174 e. The van der Waals surface area contributed by atoms with Crippen LogP contribution in [0.3, 0.4) is 0 Å². The van der Waals surface area contributed by atoms with E-state index < -0.39 is 0 Å². The molecule has 0 radical (unpaired) electrons. The molecule has 5 heteroatoms. The first kappa shape index (κ1) is 15.5. The molecule has 1 heterocycles. The number of hydrogen-bond donors (Lipinski definition) is 1. The summed E-state index contributed by atoms with van der Waals surface area (Å²) in [5.74, 6) is 0.940. The zero-order valence-electron chi connectivity index (χ0n) is 12.3. The van der Waals surface area contributed by atoms with Crippen molar-refractivity contribution in [3.8, 4) is 0 Å². The van der Waals surface area contributed by atoms with Gasteiger partial charge in [-0.2, -0.15) is 4.37 Å². The van der Waals surface area contributed by atoms with Crippen LogP contribution in [0.2, 0.25) is 0 Å². The van der Waals surface area contributed by atoms with Crippen LogP contribution in [0.5, 0.6) is 0 Å². The third-order valence-corrected chi connectivity index (χ3v) is 4.93. The number of benzene rings is 1. The molecule has 20 heavy (non-hydrogen) atoms. The van der Waals surface area contributed by atoms with Crippen molar-refractivity contribution in [3.05, 3.63) is 35.2 Å². The Morgan fingerprint density at radius 3 is 2.80 bits per heavy atom. The van der Waals surface area contributed by atoms with Crippen LogP contribution in [0.4, 0.5) is 0 Å². The molecule has 3 nitrogen and oxygen atoms in total. The summed E-state index contributed by atoms with van der Waals surface area (Å²) < 4.78 is 5.36. The van der Waals surface area contributed by atoms with Gasteiger partial charge in [0, 0.05) is 17.9 Å². The number of rotatable bonds is 7. The fraction of sp³-hybridized carbons (Fsp3) is 0.467. The predicted molar refractivity (Wildman–Crippen MR) is 86.6 cm³/mol. The lowest BCUT2D eigenvalue weighted by Gasteiger charge is -2.07. The topological polar surface area (TPSA) is 37.8 Å². The van der Waals surface area contributed by atoms with E-state index in [1.165, 1.54) is 34.0 Å². The van der Waals surface area contributed by atoms with E-state index in [2.05, 4.69) is 53.6 Å². The highest BCUT2D eigenvalue weighted by Crippen LogP contribution is 2.31. The lowest BCUT2D eigenvalue weighted by Crippen LogP contribution is -2.13. The van der Waals surface area contributed by atoms with Gasteiger partial charge in [-0.15, -0.1) is 0 Å². The number of aryl methyl sites for hydroxylation is 2. The first-order chi connectivity index (χ1) is 9.72. The molecule has 2 aromatic rings. The summed E-state index contributed by atoms with van der Waals surface area (Å²) in [5, 5.41) is 3.43. The molecule has 0 spiro atoms. The van der Waals surface area contributed by atoms with Crippen LogP contribution in [0.25, 0.3) is 0 Å². The van der Waals surface area contributed by atoms with Gasteiger partial charge in [0.2, 0.25) is 0 Å². The second-order valence-electron chi connectivity index (χ2n) is 4.71. The third-order valence-electron chi connectivity index (χ3n) is 2.96. The van der Waals surface area contributed by atoms with Crippen LogP contribution in [0, 0.1) is 6.92 Å². The molecule has 0 aliphatic heterocycles. The predicted octanol–water partition coefficient (Wildman–Crippen LogP) is 4.06. The van der Waals surface area contributed by atoms with Crippen LogP contribution in [-0.2, 0) is 13.0 Å². The normalized spacial score (nSPS) is 10.9. The summed E-state index contributed by atoms with van der Waals surface area (Å²) in [7, 11) is 0. The van der Waals surface area contributed by atoms with Crippen LogP contribution in [-0.4, -0.2) is 15.9 Å². The van der Waals surface area contributed by atoms with Crippen molar-refractivity contribution in [1.82, 2.24) is 14.7 Å². The average molecular weight is 307 g/mol. The molecule has 0 fully saturated rings. The van der Waals surface area contributed by atoms with Gasteiger partial charge in [-0.05, 0) is 48.6 Å². The Balaban J connectivity index is 2.01. The molecular weight excluding hydrogens is 286 g/mol. The molecule has 0 saturated heterocycles. The fourth-order valence-corrected chi connectivity index (χ4v) is 3.59. The Labute approximate surface area is 129 Å². The monoisotopic (exact) mass is 307 g/mol. The van der Waals surface area contributed by atoms with E-state index in [4.69, 9.17) is 0 Å². The molecule has 2 rings (SSSR count). The second kappa shape index (κ2) is 7.76. The quantitative estimate of drug-likeness (QED) is 0.783. The minimum atomic E-state index is 0.901. The Morgan fingerprint density at radius 1 is 1.30 bits per heavy atom. The smallest absolute Gasteiger partial charge is 0.174 e. The first-order valence-electron chi connectivity index (χ1n) is 7.03. The fourth-order valence-electron chi connectivity index (χ4n) is 1.86. The number of nitrogens with one attached hydrogen (secondary N) is 1. The van der Waals surface area contributed by atoms with Crippen molar-refractivity contribution < 1.29 is 0 Å². The minimum absolute atomic E-state index is 0.901. The van der Waals surface area contributed by atoms with Crippen molar-refractivity contribution >= 4 is 23.3 Å². The van der Waals surface area contributed by atoms with E-state index in [9.17, 15) is 0 Å².